The SMILES string of the molecule is CCNC(=NCC(=O)NC(C)(C)C)NCCNS(=O)(=O)c1ccc(Cl)s1. The van der Waals surface area contributed by atoms with Gasteiger partial charge in [-0.2, -0.15) is 0 Å². The van der Waals surface area contributed by atoms with E-state index in [2.05, 4.69) is 25.7 Å². The van der Waals surface area contributed by atoms with Crippen LogP contribution in [0.5, 0.6) is 0 Å². The highest BCUT2D eigenvalue weighted by Crippen LogP contribution is 2.25. The minimum atomic E-state index is -3.58. The maximum absolute atomic E-state index is 12.1. The van der Waals surface area contributed by atoms with Crippen molar-refractivity contribution in [3.05, 3.63) is 16.5 Å². The van der Waals surface area contributed by atoms with E-state index in [9.17, 15) is 13.2 Å². The molecule has 0 fully saturated rings. The predicted molar refractivity (Wildman–Crippen MR) is 106 cm³/mol. The summed E-state index contributed by atoms with van der Waals surface area (Å²) in [6.45, 7) is 8.65. The summed E-state index contributed by atoms with van der Waals surface area (Å²) >= 11 is 6.76. The van der Waals surface area contributed by atoms with Gasteiger partial charge in [0.05, 0.1) is 4.34 Å². The Morgan fingerprint density at radius 3 is 2.46 bits per heavy atom. The smallest absolute Gasteiger partial charge is 0.250 e. The zero-order valence-corrected chi connectivity index (χ0v) is 17.7. The fraction of sp³-hybridized carbons (Fsp3) is 0.600. The van der Waals surface area contributed by atoms with E-state index in [0.717, 1.165) is 11.3 Å². The molecule has 26 heavy (non-hydrogen) atoms. The summed E-state index contributed by atoms with van der Waals surface area (Å²) in [6.07, 6.45) is 0. The van der Waals surface area contributed by atoms with Crippen LogP contribution < -0.4 is 20.7 Å². The maximum atomic E-state index is 12.1. The Bertz CT molecular complexity index is 726. The van der Waals surface area contributed by atoms with Crippen molar-refractivity contribution in [3.8, 4) is 0 Å². The van der Waals surface area contributed by atoms with Gasteiger partial charge in [0.15, 0.2) is 5.96 Å². The van der Waals surface area contributed by atoms with Gasteiger partial charge in [0.1, 0.15) is 10.8 Å². The third-order valence-electron chi connectivity index (χ3n) is 2.76. The molecule has 1 aromatic rings. The fourth-order valence-electron chi connectivity index (χ4n) is 1.83. The van der Waals surface area contributed by atoms with Crippen molar-refractivity contribution in [2.24, 2.45) is 4.99 Å². The Hall–Kier alpha value is -1.36. The molecule has 0 aliphatic carbocycles. The first-order chi connectivity index (χ1) is 12.0. The Morgan fingerprint density at radius 1 is 1.23 bits per heavy atom. The van der Waals surface area contributed by atoms with Crippen LogP contribution in [0.2, 0.25) is 4.34 Å². The van der Waals surface area contributed by atoms with Gasteiger partial charge in [-0.25, -0.2) is 18.1 Å². The molecule has 4 N–H and O–H groups in total. The van der Waals surface area contributed by atoms with E-state index in [1.165, 1.54) is 12.1 Å². The van der Waals surface area contributed by atoms with Crippen LogP contribution in [-0.2, 0) is 14.8 Å². The normalized spacial score (nSPS) is 12.7. The molecule has 11 heteroatoms. The molecular weight excluding hydrogens is 398 g/mol. The van der Waals surface area contributed by atoms with Crippen molar-refractivity contribution in [3.63, 3.8) is 0 Å². The summed E-state index contributed by atoms with van der Waals surface area (Å²) in [4.78, 5) is 16.0. The maximum Gasteiger partial charge on any atom is 0.250 e. The van der Waals surface area contributed by atoms with Crippen LogP contribution in [0.4, 0.5) is 0 Å². The van der Waals surface area contributed by atoms with Crippen molar-refractivity contribution >= 4 is 44.8 Å². The zero-order valence-electron chi connectivity index (χ0n) is 15.3. The summed E-state index contributed by atoms with van der Waals surface area (Å²) < 4.78 is 27.2. The number of halogens is 1. The van der Waals surface area contributed by atoms with Gasteiger partial charge in [-0.05, 0) is 39.8 Å². The average molecular weight is 424 g/mol. The number of hydrogen-bond acceptors (Lipinski definition) is 5. The largest absolute Gasteiger partial charge is 0.357 e. The first-order valence-corrected chi connectivity index (χ1v) is 10.8. The second kappa shape index (κ2) is 10.1. The lowest BCUT2D eigenvalue weighted by Gasteiger charge is -2.20. The molecule has 0 aromatic carbocycles. The molecule has 1 amide bonds. The standard InChI is InChI=1S/C15H26ClN5O3S2/c1-5-17-14(19-10-12(22)21-15(2,3)4)18-8-9-20-26(23,24)13-7-6-11(16)25-13/h6-7,20H,5,8-10H2,1-4H3,(H,21,22)(H2,17,18,19). The van der Waals surface area contributed by atoms with E-state index in [4.69, 9.17) is 11.6 Å². The lowest BCUT2D eigenvalue weighted by molar-refractivity contribution is -0.121. The second-order valence-corrected chi connectivity index (χ2v) is 10.1. The highest BCUT2D eigenvalue weighted by Gasteiger charge is 2.16. The molecule has 0 atom stereocenters. The monoisotopic (exact) mass is 423 g/mol. The number of nitrogens with one attached hydrogen (secondary N) is 4. The van der Waals surface area contributed by atoms with Crippen molar-refractivity contribution in [2.45, 2.75) is 37.4 Å². The number of carbonyl (C=O) groups is 1. The van der Waals surface area contributed by atoms with E-state index >= 15 is 0 Å². The number of hydrogen-bond donors (Lipinski definition) is 4. The lowest BCUT2D eigenvalue weighted by Crippen LogP contribution is -2.44. The molecule has 0 bridgehead atoms. The zero-order chi connectivity index (χ0) is 19.8. The van der Waals surface area contributed by atoms with Gasteiger partial charge in [-0.15, -0.1) is 11.3 Å². The topological polar surface area (TPSA) is 112 Å². The Labute approximate surface area is 163 Å². The molecule has 1 rings (SSSR count). The van der Waals surface area contributed by atoms with Gasteiger partial charge in [0, 0.05) is 25.2 Å². The number of thiophene rings is 1. The summed E-state index contributed by atoms with van der Waals surface area (Å²) in [6, 6.07) is 3.00. The van der Waals surface area contributed by atoms with Crippen LogP contribution in [0.3, 0.4) is 0 Å². The summed E-state index contributed by atoms with van der Waals surface area (Å²) in [5, 5.41) is 8.80. The number of guanidine groups is 1. The van der Waals surface area contributed by atoms with Crippen LogP contribution in [-0.4, -0.2) is 52.0 Å². The van der Waals surface area contributed by atoms with Crippen molar-refractivity contribution < 1.29 is 13.2 Å². The third kappa shape index (κ3) is 8.84. The van der Waals surface area contributed by atoms with Gasteiger partial charge >= 0.3 is 0 Å². The average Bonchev–Trinajstić information content (AvgIpc) is 2.94. The van der Waals surface area contributed by atoms with Gasteiger partial charge in [0.2, 0.25) is 15.9 Å². The molecule has 0 unspecified atom stereocenters. The van der Waals surface area contributed by atoms with E-state index < -0.39 is 10.0 Å². The fourth-order valence-corrected chi connectivity index (χ4v) is 4.39. The number of sulfonamides is 1. The van der Waals surface area contributed by atoms with Crippen molar-refractivity contribution in [1.29, 1.82) is 0 Å². The molecule has 148 valence electrons. The second-order valence-electron chi connectivity index (χ2n) is 6.38. The molecule has 8 nitrogen and oxygen atoms in total. The van der Waals surface area contributed by atoms with Gasteiger partial charge in [-0.3, -0.25) is 4.79 Å². The highest BCUT2D eigenvalue weighted by atomic mass is 35.5. The van der Waals surface area contributed by atoms with E-state index in [1.807, 2.05) is 27.7 Å². The minimum absolute atomic E-state index is 0.0218. The predicted octanol–water partition coefficient (Wildman–Crippen LogP) is 1.15. The number of amides is 1. The third-order valence-corrected chi connectivity index (χ3v) is 5.95. The summed E-state index contributed by atoms with van der Waals surface area (Å²) in [5.41, 5.74) is -0.318. The number of rotatable bonds is 8. The van der Waals surface area contributed by atoms with Gasteiger partial charge in [0.25, 0.3) is 0 Å². The lowest BCUT2D eigenvalue weighted by atomic mass is 10.1. The molecule has 1 aromatic heterocycles. The molecule has 1 heterocycles. The molecule has 0 spiro atoms. The molecule has 0 radical (unpaired) electrons. The van der Waals surface area contributed by atoms with Crippen LogP contribution in [0.1, 0.15) is 27.7 Å². The molecule has 0 saturated carbocycles. The minimum Gasteiger partial charge on any atom is -0.357 e. The van der Waals surface area contributed by atoms with Gasteiger partial charge in [-0.1, -0.05) is 11.6 Å². The number of aliphatic imine (C=N–C) groups is 1. The first-order valence-electron chi connectivity index (χ1n) is 8.11. The molecule has 0 aliphatic rings. The van der Waals surface area contributed by atoms with Crippen molar-refractivity contribution in [2.75, 3.05) is 26.2 Å². The van der Waals surface area contributed by atoms with E-state index in [-0.39, 0.29) is 28.7 Å². The van der Waals surface area contributed by atoms with Crippen LogP contribution >= 0.6 is 22.9 Å². The first kappa shape index (κ1) is 22.7. The van der Waals surface area contributed by atoms with Crippen LogP contribution in [0, 0.1) is 0 Å². The molecule has 0 aliphatic heterocycles. The Morgan fingerprint density at radius 2 is 1.92 bits per heavy atom. The van der Waals surface area contributed by atoms with Crippen molar-refractivity contribution in [1.82, 2.24) is 20.7 Å². The molecule has 0 saturated heterocycles. The van der Waals surface area contributed by atoms with Crippen LogP contribution in [0.25, 0.3) is 0 Å². The quantitative estimate of drug-likeness (QED) is 0.284. The number of nitrogens with zero attached hydrogens (tertiary/aromatic N) is 1. The van der Waals surface area contributed by atoms with Crippen LogP contribution in [0.15, 0.2) is 21.3 Å². The van der Waals surface area contributed by atoms with E-state index in [1.54, 1.807) is 0 Å². The van der Waals surface area contributed by atoms with E-state index in [0.29, 0.717) is 23.4 Å². The van der Waals surface area contributed by atoms with Gasteiger partial charge < -0.3 is 16.0 Å². The number of carbonyl (C=O) groups excluding carboxylic acids is 1. The highest BCUT2D eigenvalue weighted by molar-refractivity contribution is 7.91. The Balaban J connectivity index is 2.48. The summed E-state index contributed by atoms with van der Waals surface area (Å²) in [5.74, 6) is 0.250. The molecular formula is C15H26ClN5O3S2. The summed E-state index contributed by atoms with van der Waals surface area (Å²) in [7, 11) is -3.58. The Kier molecular flexibility index (Phi) is 8.81.